The van der Waals surface area contributed by atoms with Crippen molar-refractivity contribution >= 4 is 22.8 Å². The van der Waals surface area contributed by atoms with Crippen LogP contribution in [0.1, 0.15) is 30.7 Å². The summed E-state index contributed by atoms with van der Waals surface area (Å²) in [7, 11) is 0. The fourth-order valence-corrected chi connectivity index (χ4v) is 3.78. The Bertz CT molecular complexity index is 1110. The number of anilines is 1. The third-order valence-corrected chi connectivity index (χ3v) is 4.88. The molecular formula is C19H17N5O2. The number of benzene rings is 1. The van der Waals surface area contributed by atoms with Crippen LogP contribution in [0.3, 0.4) is 0 Å². The highest BCUT2D eigenvalue weighted by molar-refractivity contribution is 5.95. The van der Waals surface area contributed by atoms with Crippen molar-refractivity contribution < 1.29 is 9.21 Å². The first-order valence-corrected chi connectivity index (χ1v) is 8.63. The lowest BCUT2D eigenvalue weighted by molar-refractivity contribution is -0.116. The molecule has 3 aromatic heterocycles. The monoisotopic (exact) mass is 347 g/mol. The number of carbonyl (C=O) groups is 1. The Morgan fingerprint density at radius 2 is 2.15 bits per heavy atom. The quantitative estimate of drug-likeness (QED) is 0.593. The smallest absolute Gasteiger partial charge is 0.226 e. The second kappa shape index (κ2) is 5.59. The van der Waals surface area contributed by atoms with Gasteiger partial charge in [-0.05, 0) is 31.2 Å². The van der Waals surface area contributed by atoms with Crippen molar-refractivity contribution in [3.63, 3.8) is 0 Å². The number of furan rings is 1. The molecule has 130 valence electrons. The predicted octanol–water partition coefficient (Wildman–Crippen LogP) is 3.51. The molecule has 1 atom stereocenters. The molecule has 26 heavy (non-hydrogen) atoms. The minimum atomic E-state index is -0.190. The van der Waals surface area contributed by atoms with Gasteiger partial charge in [0.15, 0.2) is 11.6 Å². The molecule has 4 heterocycles. The normalized spacial score (nSPS) is 16.7. The number of hydrogen-bond donors (Lipinski definition) is 2. The molecule has 1 aromatic carbocycles. The van der Waals surface area contributed by atoms with E-state index in [1.165, 1.54) is 0 Å². The summed E-state index contributed by atoms with van der Waals surface area (Å²) >= 11 is 0. The Morgan fingerprint density at radius 3 is 2.96 bits per heavy atom. The van der Waals surface area contributed by atoms with Gasteiger partial charge in [0.05, 0.1) is 23.2 Å². The van der Waals surface area contributed by atoms with Gasteiger partial charge >= 0.3 is 0 Å². The molecule has 5 rings (SSSR count). The summed E-state index contributed by atoms with van der Waals surface area (Å²) in [5.74, 6) is 1.87. The molecule has 0 bridgehead atoms. The number of hydrogen-bond acceptors (Lipinski definition) is 4. The van der Waals surface area contributed by atoms with Crippen LogP contribution in [0.4, 0.5) is 5.82 Å². The number of fused-ring (bicyclic) bond motifs is 2. The van der Waals surface area contributed by atoms with Gasteiger partial charge < -0.3 is 14.3 Å². The topological polar surface area (TPSA) is 88.7 Å². The maximum Gasteiger partial charge on any atom is 0.226 e. The zero-order valence-electron chi connectivity index (χ0n) is 14.2. The van der Waals surface area contributed by atoms with E-state index < -0.39 is 0 Å². The molecule has 0 aliphatic carbocycles. The molecule has 1 aliphatic heterocycles. The predicted molar refractivity (Wildman–Crippen MR) is 96.8 cm³/mol. The van der Waals surface area contributed by atoms with Crippen molar-refractivity contribution in [2.24, 2.45) is 0 Å². The maximum atomic E-state index is 12.3. The summed E-state index contributed by atoms with van der Waals surface area (Å²) in [5.41, 5.74) is 3.70. The lowest BCUT2D eigenvalue weighted by Crippen LogP contribution is -2.25. The molecule has 7 nitrogen and oxygen atoms in total. The zero-order chi connectivity index (χ0) is 17.7. The third kappa shape index (κ3) is 2.10. The minimum absolute atomic E-state index is 0.0605. The lowest BCUT2D eigenvalue weighted by atomic mass is 9.90. The molecule has 0 saturated carbocycles. The third-order valence-electron chi connectivity index (χ3n) is 4.88. The van der Waals surface area contributed by atoms with E-state index in [0.29, 0.717) is 18.0 Å². The highest BCUT2D eigenvalue weighted by Gasteiger charge is 2.35. The van der Waals surface area contributed by atoms with E-state index in [9.17, 15) is 4.79 Å². The van der Waals surface area contributed by atoms with Gasteiger partial charge in [-0.15, -0.1) is 0 Å². The molecular weight excluding hydrogens is 330 g/mol. The van der Waals surface area contributed by atoms with Crippen LogP contribution < -0.4 is 5.32 Å². The van der Waals surface area contributed by atoms with Gasteiger partial charge in [-0.25, -0.2) is 4.98 Å². The van der Waals surface area contributed by atoms with Gasteiger partial charge in [-0.3, -0.25) is 9.89 Å². The molecule has 1 unspecified atom stereocenters. The van der Waals surface area contributed by atoms with Crippen molar-refractivity contribution in [1.82, 2.24) is 19.7 Å². The van der Waals surface area contributed by atoms with Crippen LogP contribution in [0.5, 0.6) is 0 Å². The molecule has 7 heteroatoms. The van der Waals surface area contributed by atoms with Crippen LogP contribution in [-0.2, 0) is 11.3 Å². The molecule has 0 spiro atoms. The Balaban J connectivity index is 1.75. The first-order valence-electron chi connectivity index (χ1n) is 8.63. The Labute approximate surface area is 149 Å². The number of aryl methyl sites for hydroxylation is 1. The summed E-state index contributed by atoms with van der Waals surface area (Å²) < 4.78 is 7.73. The second-order valence-electron chi connectivity index (χ2n) is 6.35. The molecule has 0 radical (unpaired) electrons. The van der Waals surface area contributed by atoms with Crippen LogP contribution >= 0.6 is 0 Å². The Kier molecular flexibility index (Phi) is 3.21. The minimum Gasteiger partial charge on any atom is -0.463 e. The largest absolute Gasteiger partial charge is 0.463 e. The molecule has 1 amide bonds. The number of amides is 1. The van der Waals surface area contributed by atoms with Gasteiger partial charge in [-0.2, -0.15) is 5.10 Å². The Hall–Kier alpha value is -3.35. The second-order valence-corrected chi connectivity index (χ2v) is 6.35. The summed E-state index contributed by atoms with van der Waals surface area (Å²) in [6, 6.07) is 11.7. The lowest BCUT2D eigenvalue weighted by Gasteiger charge is -2.23. The number of H-pyrrole nitrogens is 1. The SMILES string of the molecule is CCn1c(C2CC(=O)Nc3n[nH]c(-c4ccco4)c32)nc2ccccc21. The van der Waals surface area contributed by atoms with Gasteiger partial charge in [0.2, 0.25) is 5.91 Å². The van der Waals surface area contributed by atoms with Gasteiger partial charge in [0.1, 0.15) is 11.5 Å². The van der Waals surface area contributed by atoms with Crippen LogP contribution in [0.2, 0.25) is 0 Å². The number of nitrogens with zero attached hydrogens (tertiary/aromatic N) is 3. The molecule has 2 N–H and O–H groups in total. The summed E-state index contributed by atoms with van der Waals surface area (Å²) in [5, 5.41) is 10.2. The molecule has 4 aromatic rings. The fourth-order valence-electron chi connectivity index (χ4n) is 3.78. The molecule has 0 saturated heterocycles. The van der Waals surface area contributed by atoms with Crippen molar-refractivity contribution in [2.75, 3.05) is 5.32 Å². The summed E-state index contributed by atoms with van der Waals surface area (Å²) in [6.07, 6.45) is 1.95. The van der Waals surface area contributed by atoms with Crippen molar-refractivity contribution in [3.05, 3.63) is 54.0 Å². The first-order chi connectivity index (χ1) is 12.8. The van der Waals surface area contributed by atoms with E-state index in [4.69, 9.17) is 9.40 Å². The van der Waals surface area contributed by atoms with Gasteiger partial charge in [-0.1, -0.05) is 12.1 Å². The van der Waals surface area contributed by atoms with E-state index in [1.807, 2.05) is 30.3 Å². The standard InChI is InChI=1S/C19H17N5O2/c1-2-24-13-7-4-3-6-12(13)20-19(24)11-10-15(25)21-18-16(11)17(22-23-18)14-8-5-9-26-14/h3-9,11H,2,10H2,1H3,(H2,21,22,23,25). The summed E-state index contributed by atoms with van der Waals surface area (Å²) in [4.78, 5) is 17.1. The summed E-state index contributed by atoms with van der Waals surface area (Å²) in [6.45, 7) is 2.86. The number of imidazole rings is 1. The van der Waals surface area contributed by atoms with Crippen LogP contribution in [0.25, 0.3) is 22.5 Å². The maximum absolute atomic E-state index is 12.3. The van der Waals surface area contributed by atoms with E-state index >= 15 is 0 Å². The number of aromatic nitrogens is 4. The number of nitrogens with one attached hydrogen (secondary N) is 2. The van der Waals surface area contributed by atoms with Crippen LogP contribution in [-0.4, -0.2) is 25.7 Å². The average Bonchev–Trinajstić information content (AvgIpc) is 3.37. The Morgan fingerprint density at radius 1 is 1.27 bits per heavy atom. The van der Waals surface area contributed by atoms with Gasteiger partial charge in [0, 0.05) is 18.5 Å². The molecule has 0 fully saturated rings. The fraction of sp³-hybridized carbons (Fsp3) is 0.211. The number of rotatable bonds is 3. The highest BCUT2D eigenvalue weighted by atomic mass is 16.3. The van der Waals surface area contributed by atoms with E-state index in [-0.39, 0.29) is 11.8 Å². The molecule has 1 aliphatic rings. The van der Waals surface area contributed by atoms with Gasteiger partial charge in [0.25, 0.3) is 0 Å². The highest BCUT2D eigenvalue weighted by Crippen LogP contribution is 2.42. The average molecular weight is 347 g/mol. The zero-order valence-corrected chi connectivity index (χ0v) is 14.2. The number of aromatic amines is 1. The van der Waals surface area contributed by atoms with Crippen LogP contribution in [0, 0.1) is 0 Å². The number of carbonyl (C=O) groups excluding carboxylic acids is 1. The van der Waals surface area contributed by atoms with E-state index in [2.05, 4.69) is 33.1 Å². The number of para-hydroxylation sites is 2. The van der Waals surface area contributed by atoms with Crippen molar-refractivity contribution in [2.45, 2.75) is 25.8 Å². The van der Waals surface area contributed by atoms with Crippen molar-refractivity contribution in [1.29, 1.82) is 0 Å². The van der Waals surface area contributed by atoms with Crippen molar-refractivity contribution in [3.8, 4) is 11.5 Å². The van der Waals surface area contributed by atoms with E-state index in [1.54, 1.807) is 6.26 Å². The first kappa shape index (κ1) is 14.9. The van der Waals surface area contributed by atoms with Crippen LogP contribution in [0.15, 0.2) is 47.1 Å². The van der Waals surface area contributed by atoms with E-state index in [0.717, 1.165) is 34.7 Å².